The Hall–Kier alpha value is -0.0831. The molecule has 27 heavy (non-hydrogen) atoms. The highest BCUT2D eigenvalue weighted by atomic mass is 28.4. The third-order valence-electron chi connectivity index (χ3n) is 8.57. The van der Waals surface area contributed by atoms with Gasteiger partial charge in [-0.3, -0.25) is 0 Å². The van der Waals surface area contributed by atoms with Crippen LogP contribution in [0, 0.1) is 29.1 Å². The highest BCUT2D eigenvalue weighted by Gasteiger charge is 2.50. The topological polar surface area (TPSA) is 9.23 Å². The maximum absolute atomic E-state index is 6.70. The lowest BCUT2D eigenvalue weighted by Crippen LogP contribution is -2.47. The Morgan fingerprint density at radius 1 is 1.11 bits per heavy atom. The third kappa shape index (κ3) is 5.10. The highest BCUT2D eigenvalue weighted by molar-refractivity contribution is 6.74. The van der Waals surface area contributed by atoms with Crippen molar-refractivity contribution in [1.29, 1.82) is 0 Å². The summed E-state index contributed by atoms with van der Waals surface area (Å²) in [6.07, 6.45) is 13.2. The Balaban J connectivity index is 1.97. The Morgan fingerprint density at radius 3 is 2.33 bits per heavy atom. The van der Waals surface area contributed by atoms with Crippen LogP contribution < -0.4 is 0 Å². The van der Waals surface area contributed by atoms with E-state index in [1.165, 1.54) is 32.1 Å². The molecule has 0 radical (unpaired) electrons. The van der Waals surface area contributed by atoms with E-state index >= 15 is 0 Å². The van der Waals surface area contributed by atoms with Gasteiger partial charge in [0.1, 0.15) is 0 Å². The van der Waals surface area contributed by atoms with Crippen LogP contribution in [0.4, 0.5) is 0 Å². The second-order valence-corrected chi connectivity index (χ2v) is 17.0. The molecule has 0 unspecified atom stereocenters. The molecule has 0 aromatic rings. The SMILES string of the molecule is C[C@@H](/C=C/CC(C)(C)O[Si](C)(C)C(C)(C)C)[C@H]1CC[C@H]2[C@@H](C)CCC[C@]12C. The zero-order chi connectivity index (χ0) is 20.7. The van der Waals surface area contributed by atoms with Crippen LogP contribution >= 0.6 is 0 Å². The Morgan fingerprint density at radius 2 is 1.74 bits per heavy atom. The molecule has 2 heteroatoms. The lowest BCUT2D eigenvalue weighted by Gasteiger charge is -2.45. The largest absolute Gasteiger partial charge is 0.412 e. The molecule has 2 rings (SSSR count). The van der Waals surface area contributed by atoms with Gasteiger partial charge in [-0.25, -0.2) is 0 Å². The van der Waals surface area contributed by atoms with Crippen molar-refractivity contribution in [1.82, 2.24) is 0 Å². The van der Waals surface area contributed by atoms with Crippen molar-refractivity contribution in [3.05, 3.63) is 12.2 Å². The first-order chi connectivity index (χ1) is 12.2. The van der Waals surface area contributed by atoms with Crippen LogP contribution in [0.2, 0.25) is 18.1 Å². The van der Waals surface area contributed by atoms with Crippen LogP contribution in [0.15, 0.2) is 12.2 Å². The minimum atomic E-state index is -1.72. The molecule has 158 valence electrons. The Kier molecular flexibility index (Phi) is 6.85. The average Bonchev–Trinajstić information content (AvgIpc) is 2.83. The maximum atomic E-state index is 6.70. The third-order valence-corrected chi connectivity index (χ3v) is 13.2. The molecule has 2 saturated carbocycles. The van der Waals surface area contributed by atoms with Gasteiger partial charge in [0.25, 0.3) is 0 Å². The predicted octanol–water partition coefficient (Wildman–Crippen LogP) is 8.22. The van der Waals surface area contributed by atoms with Crippen molar-refractivity contribution in [2.45, 2.75) is 118 Å². The van der Waals surface area contributed by atoms with Crippen molar-refractivity contribution in [2.24, 2.45) is 29.1 Å². The second kappa shape index (κ2) is 7.98. The summed E-state index contributed by atoms with van der Waals surface area (Å²) in [6, 6.07) is 0. The van der Waals surface area contributed by atoms with Gasteiger partial charge in [0.05, 0.1) is 5.60 Å². The van der Waals surface area contributed by atoms with Crippen molar-refractivity contribution >= 4 is 8.32 Å². The molecule has 0 bridgehead atoms. The van der Waals surface area contributed by atoms with Gasteiger partial charge in [-0.2, -0.15) is 0 Å². The standard InChI is InChI=1S/C25H48OSi/c1-19(21-15-16-22-20(2)14-12-18-25(21,22)8)13-11-17-24(6,7)26-27(9,10)23(3,4)5/h11,13,19-22H,12,14-18H2,1-10H3/b13-11+/t19-,20-,21+,22-,25+/m0/s1. The van der Waals surface area contributed by atoms with Crippen molar-refractivity contribution in [2.75, 3.05) is 0 Å². The van der Waals surface area contributed by atoms with E-state index in [-0.39, 0.29) is 10.6 Å². The molecule has 0 heterocycles. The van der Waals surface area contributed by atoms with Crippen molar-refractivity contribution in [3.63, 3.8) is 0 Å². The first-order valence-corrected chi connectivity index (χ1v) is 14.5. The predicted molar refractivity (Wildman–Crippen MR) is 123 cm³/mol. The lowest BCUT2D eigenvalue weighted by atomic mass is 9.60. The van der Waals surface area contributed by atoms with Gasteiger partial charge in [-0.1, -0.05) is 66.5 Å². The van der Waals surface area contributed by atoms with E-state index in [0.717, 1.165) is 24.2 Å². The molecule has 2 aliphatic rings. The van der Waals surface area contributed by atoms with Crippen LogP contribution in [-0.4, -0.2) is 13.9 Å². The molecule has 1 nitrogen and oxygen atoms in total. The molecular formula is C25H48OSi. The van der Waals surface area contributed by atoms with E-state index < -0.39 is 8.32 Å². The van der Waals surface area contributed by atoms with E-state index in [9.17, 15) is 0 Å². The molecule has 2 aliphatic carbocycles. The van der Waals surface area contributed by atoms with Crippen LogP contribution in [0.3, 0.4) is 0 Å². The molecule has 0 aromatic heterocycles. The van der Waals surface area contributed by atoms with Crippen LogP contribution in [0.1, 0.15) is 93.9 Å². The molecule has 2 fully saturated rings. The van der Waals surface area contributed by atoms with Gasteiger partial charge < -0.3 is 4.43 Å². The van der Waals surface area contributed by atoms with E-state index in [4.69, 9.17) is 4.43 Å². The number of hydrogen-bond acceptors (Lipinski definition) is 1. The highest BCUT2D eigenvalue weighted by Crippen LogP contribution is 2.59. The van der Waals surface area contributed by atoms with E-state index in [0.29, 0.717) is 11.3 Å². The fraction of sp³-hybridized carbons (Fsp3) is 0.920. The summed E-state index contributed by atoms with van der Waals surface area (Å²) < 4.78 is 6.70. The zero-order valence-electron chi connectivity index (χ0n) is 20.1. The average molecular weight is 393 g/mol. The van der Waals surface area contributed by atoms with Gasteiger partial charge >= 0.3 is 0 Å². The fourth-order valence-corrected chi connectivity index (χ4v) is 7.83. The van der Waals surface area contributed by atoms with Crippen LogP contribution in [0.25, 0.3) is 0 Å². The summed E-state index contributed by atoms with van der Waals surface area (Å²) >= 11 is 0. The minimum absolute atomic E-state index is 0.0688. The van der Waals surface area contributed by atoms with Crippen LogP contribution in [-0.2, 0) is 4.43 Å². The van der Waals surface area contributed by atoms with E-state index in [1.54, 1.807) is 0 Å². The lowest BCUT2D eigenvalue weighted by molar-refractivity contribution is 0.0451. The first kappa shape index (κ1) is 23.2. The van der Waals surface area contributed by atoms with Gasteiger partial charge in [0.2, 0.25) is 0 Å². The molecule has 5 atom stereocenters. The van der Waals surface area contributed by atoms with E-state index in [2.05, 4.69) is 80.6 Å². The Labute approximate surface area is 171 Å². The maximum Gasteiger partial charge on any atom is 0.192 e. The number of rotatable bonds is 6. The van der Waals surface area contributed by atoms with Crippen molar-refractivity contribution in [3.8, 4) is 0 Å². The van der Waals surface area contributed by atoms with Gasteiger partial charge in [-0.05, 0) is 86.7 Å². The van der Waals surface area contributed by atoms with Gasteiger partial charge in [0.15, 0.2) is 8.32 Å². The number of allylic oxidation sites excluding steroid dienone is 1. The molecule has 0 saturated heterocycles. The molecule has 0 amide bonds. The summed E-state index contributed by atoms with van der Waals surface area (Å²) in [5.74, 6) is 3.45. The minimum Gasteiger partial charge on any atom is -0.412 e. The van der Waals surface area contributed by atoms with E-state index in [1.807, 2.05) is 0 Å². The summed E-state index contributed by atoms with van der Waals surface area (Å²) in [4.78, 5) is 0. The molecule has 0 aliphatic heterocycles. The monoisotopic (exact) mass is 392 g/mol. The smallest absolute Gasteiger partial charge is 0.192 e. The van der Waals surface area contributed by atoms with Gasteiger partial charge in [-0.15, -0.1) is 0 Å². The molecule has 0 aromatic carbocycles. The molecule has 0 N–H and O–H groups in total. The quantitative estimate of drug-likeness (QED) is 0.327. The van der Waals surface area contributed by atoms with Gasteiger partial charge in [0, 0.05) is 0 Å². The zero-order valence-corrected chi connectivity index (χ0v) is 21.1. The second-order valence-electron chi connectivity index (χ2n) is 12.3. The molecule has 0 spiro atoms. The summed E-state index contributed by atoms with van der Waals surface area (Å²) in [6.45, 7) is 23.9. The fourth-order valence-electron chi connectivity index (χ4n) is 6.05. The first-order valence-electron chi connectivity index (χ1n) is 11.6. The Bertz CT molecular complexity index is 527. The number of fused-ring (bicyclic) bond motifs is 1. The number of hydrogen-bond donors (Lipinski definition) is 0. The normalized spacial score (nSPS) is 34.1. The van der Waals surface area contributed by atoms with Crippen molar-refractivity contribution < 1.29 is 4.43 Å². The summed E-state index contributed by atoms with van der Waals surface area (Å²) in [5.41, 5.74) is 0.509. The summed E-state index contributed by atoms with van der Waals surface area (Å²) in [5, 5.41) is 0.270. The molecular weight excluding hydrogens is 344 g/mol. The van der Waals surface area contributed by atoms with Crippen LogP contribution in [0.5, 0.6) is 0 Å². The summed E-state index contributed by atoms with van der Waals surface area (Å²) in [7, 11) is -1.72.